The Balaban J connectivity index is 1.56. The number of hydrogen-bond acceptors (Lipinski definition) is 4. The van der Waals surface area contributed by atoms with Gasteiger partial charge >= 0.3 is 0 Å². The molecule has 0 aliphatic carbocycles. The molecule has 4 rings (SSSR count). The zero-order valence-electron chi connectivity index (χ0n) is 21.7. The highest BCUT2D eigenvalue weighted by Gasteiger charge is 2.18. The van der Waals surface area contributed by atoms with E-state index >= 15 is 0 Å². The molecule has 8 nitrogen and oxygen atoms in total. The van der Waals surface area contributed by atoms with Gasteiger partial charge in [0.1, 0.15) is 12.4 Å². The third-order valence-corrected chi connectivity index (χ3v) is 6.56. The number of fused-ring (bicyclic) bond motifs is 1. The maximum absolute atomic E-state index is 13.1. The fourth-order valence-corrected chi connectivity index (χ4v) is 4.41. The fraction of sp³-hybridized carbons (Fsp3) is 0.207. The van der Waals surface area contributed by atoms with Gasteiger partial charge in [-0.25, -0.2) is 0 Å². The zero-order valence-corrected chi connectivity index (χ0v) is 23.2. The Morgan fingerprint density at radius 1 is 0.897 bits per heavy atom. The van der Waals surface area contributed by atoms with Crippen LogP contribution >= 0.6 is 23.2 Å². The fourth-order valence-electron chi connectivity index (χ4n) is 4.01. The summed E-state index contributed by atoms with van der Waals surface area (Å²) in [5.41, 5.74) is 3.27. The van der Waals surface area contributed by atoms with E-state index in [2.05, 4.69) is 16.0 Å². The Bertz CT molecular complexity index is 1550. The lowest BCUT2D eigenvalue weighted by Crippen LogP contribution is -2.27. The zero-order chi connectivity index (χ0) is 28.1. The van der Waals surface area contributed by atoms with Crippen molar-refractivity contribution in [3.63, 3.8) is 0 Å². The maximum atomic E-state index is 13.1. The molecule has 0 fully saturated rings. The van der Waals surface area contributed by atoms with Crippen molar-refractivity contribution in [1.82, 2.24) is 9.88 Å². The van der Waals surface area contributed by atoms with Crippen LogP contribution in [0.2, 0.25) is 10.0 Å². The van der Waals surface area contributed by atoms with Crippen LogP contribution < -0.4 is 16.0 Å². The van der Waals surface area contributed by atoms with Crippen LogP contribution in [-0.4, -0.2) is 29.4 Å². The maximum Gasteiger partial charge on any atom is 0.272 e. The van der Waals surface area contributed by atoms with Gasteiger partial charge in [-0.15, -0.1) is 0 Å². The summed E-state index contributed by atoms with van der Waals surface area (Å²) in [5, 5.41) is 10.1. The van der Waals surface area contributed by atoms with Crippen molar-refractivity contribution in [2.75, 3.05) is 17.7 Å². The molecular weight excluding hydrogens is 539 g/mol. The van der Waals surface area contributed by atoms with Crippen LogP contribution in [0.3, 0.4) is 0 Å². The number of benzene rings is 3. The summed E-state index contributed by atoms with van der Waals surface area (Å²) in [7, 11) is 1.55. The van der Waals surface area contributed by atoms with Crippen LogP contribution in [0.15, 0.2) is 66.7 Å². The van der Waals surface area contributed by atoms with E-state index in [-0.39, 0.29) is 36.6 Å². The van der Waals surface area contributed by atoms with Gasteiger partial charge in [-0.2, -0.15) is 0 Å². The normalized spacial score (nSPS) is 11.0. The summed E-state index contributed by atoms with van der Waals surface area (Å²) in [4.78, 5) is 38.1. The average Bonchev–Trinajstić information content (AvgIpc) is 3.25. The minimum atomic E-state index is -0.397. The molecule has 3 amide bonds. The van der Waals surface area contributed by atoms with Crippen molar-refractivity contribution in [2.24, 2.45) is 5.92 Å². The number of halogens is 2. The quantitative estimate of drug-likeness (QED) is 0.220. The van der Waals surface area contributed by atoms with Gasteiger partial charge in [0.15, 0.2) is 0 Å². The minimum Gasteiger partial charge on any atom is -0.364 e. The van der Waals surface area contributed by atoms with Crippen LogP contribution in [0, 0.1) is 5.92 Å². The van der Waals surface area contributed by atoms with Crippen molar-refractivity contribution in [2.45, 2.75) is 27.1 Å². The largest absolute Gasteiger partial charge is 0.364 e. The van der Waals surface area contributed by atoms with E-state index in [1.165, 1.54) is 0 Å². The van der Waals surface area contributed by atoms with Gasteiger partial charge in [0.25, 0.3) is 11.8 Å². The lowest BCUT2D eigenvalue weighted by atomic mass is 10.1. The van der Waals surface area contributed by atoms with E-state index in [9.17, 15) is 14.4 Å². The van der Waals surface area contributed by atoms with Gasteiger partial charge < -0.3 is 25.3 Å². The SMILES string of the molecule is COCn1c(C(=O)Nc2cccc(Cl)c2)cc2cc(NC(=O)c3cc(CNC(=O)C(C)C)ccc3Cl)ccc21. The monoisotopic (exact) mass is 566 g/mol. The summed E-state index contributed by atoms with van der Waals surface area (Å²) >= 11 is 12.4. The third-order valence-electron chi connectivity index (χ3n) is 6.00. The first kappa shape index (κ1) is 28.2. The number of ether oxygens (including phenoxy) is 1. The number of methoxy groups -OCH3 is 1. The highest BCUT2D eigenvalue weighted by atomic mass is 35.5. The van der Waals surface area contributed by atoms with Gasteiger partial charge in [0, 0.05) is 41.4 Å². The van der Waals surface area contributed by atoms with Crippen molar-refractivity contribution in [1.29, 1.82) is 0 Å². The summed E-state index contributed by atoms with van der Waals surface area (Å²) in [6.45, 7) is 4.06. The molecule has 0 saturated heterocycles. The predicted molar refractivity (Wildman–Crippen MR) is 154 cm³/mol. The molecule has 0 atom stereocenters. The number of carbonyl (C=O) groups excluding carboxylic acids is 3. The Morgan fingerprint density at radius 3 is 2.36 bits per heavy atom. The van der Waals surface area contributed by atoms with E-state index in [1.54, 1.807) is 78.4 Å². The number of carbonyl (C=O) groups is 3. The van der Waals surface area contributed by atoms with Crippen molar-refractivity contribution < 1.29 is 19.1 Å². The molecule has 1 aromatic heterocycles. The lowest BCUT2D eigenvalue weighted by Gasteiger charge is -2.12. The smallest absolute Gasteiger partial charge is 0.272 e. The van der Waals surface area contributed by atoms with Crippen LogP contribution in [0.4, 0.5) is 11.4 Å². The number of aromatic nitrogens is 1. The van der Waals surface area contributed by atoms with Crippen molar-refractivity contribution in [3.05, 3.63) is 93.6 Å². The molecule has 0 radical (unpaired) electrons. The first-order valence-electron chi connectivity index (χ1n) is 12.2. The van der Waals surface area contributed by atoms with E-state index in [0.717, 1.165) is 16.5 Å². The summed E-state index contributed by atoms with van der Waals surface area (Å²) in [5.74, 6) is -0.946. The van der Waals surface area contributed by atoms with E-state index in [0.29, 0.717) is 27.1 Å². The Hall–Kier alpha value is -3.85. The van der Waals surface area contributed by atoms with Crippen LogP contribution in [0.1, 0.15) is 40.3 Å². The number of rotatable bonds is 9. The molecule has 0 bridgehead atoms. The molecule has 3 N–H and O–H groups in total. The second-order valence-electron chi connectivity index (χ2n) is 9.25. The summed E-state index contributed by atoms with van der Waals surface area (Å²) < 4.78 is 7.07. The molecular formula is C29H28Cl2N4O4. The lowest BCUT2D eigenvalue weighted by molar-refractivity contribution is -0.124. The Morgan fingerprint density at radius 2 is 1.64 bits per heavy atom. The standard InChI is InChI=1S/C29H28Cl2N4O4/c1-17(2)27(36)32-15-18-7-9-24(31)23(11-18)28(37)33-22-8-10-25-19(12-22)13-26(35(25)16-39-3)29(38)34-21-6-4-5-20(30)14-21/h4-14,17H,15-16H2,1-3H3,(H,32,36)(H,33,37)(H,34,38). The molecule has 0 aliphatic rings. The highest BCUT2D eigenvalue weighted by molar-refractivity contribution is 6.34. The molecule has 1 heterocycles. The number of hydrogen-bond donors (Lipinski definition) is 3. The molecule has 10 heteroatoms. The van der Waals surface area contributed by atoms with Crippen LogP contribution in [0.25, 0.3) is 10.9 Å². The van der Waals surface area contributed by atoms with Gasteiger partial charge in [-0.05, 0) is 60.2 Å². The Kier molecular flexibility index (Phi) is 8.91. The van der Waals surface area contributed by atoms with E-state index in [4.69, 9.17) is 27.9 Å². The van der Waals surface area contributed by atoms with Gasteiger partial charge in [-0.3, -0.25) is 14.4 Å². The predicted octanol–water partition coefficient (Wildman–Crippen LogP) is 6.33. The highest BCUT2D eigenvalue weighted by Crippen LogP contribution is 2.26. The first-order valence-corrected chi connectivity index (χ1v) is 13.0. The molecule has 4 aromatic rings. The van der Waals surface area contributed by atoms with Gasteiger partial charge in [0.2, 0.25) is 5.91 Å². The van der Waals surface area contributed by atoms with Crippen molar-refractivity contribution >= 4 is 63.2 Å². The molecule has 0 unspecified atom stereocenters. The van der Waals surface area contributed by atoms with Crippen molar-refractivity contribution in [3.8, 4) is 0 Å². The minimum absolute atomic E-state index is 0.0784. The van der Waals surface area contributed by atoms with Gasteiger partial charge in [-0.1, -0.05) is 49.2 Å². The molecule has 3 aromatic carbocycles. The summed E-state index contributed by atoms with van der Waals surface area (Å²) in [6.07, 6.45) is 0. The number of nitrogens with zero attached hydrogens (tertiary/aromatic N) is 1. The number of anilines is 2. The molecule has 202 valence electrons. The first-order chi connectivity index (χ1) is 18.7. The molecule has 0 saturated carbocycles. The third kappa shape index (κ3) is 6.78. The molecule has 39 heavy (non-hydrogen) atoms. The Labute approximate surface area is 236 Å². The number of amides is 3. The van der Waals surface area contributed by atoms with Gasteiger partial charge in [0.05, 0.1) is 16.1 Å². The van der Waals surface area contributed by atoms with Crippen LogP contribution in [-0.2, 0) is 22.8 Å². The average molecular weight is 567 g/mol. The molecule has 0 spiro atoms. The molecule has 0 aliphatic heterocycles. The second-order valence-corrected chi connectivity index (χ2v) is 10.1. The second kappa shape index (κ2) is 12.3. The van der Waals surface area contributed by atoms with E-state index < -0.39 is 5.91 Å². The van der Waals surface area contributed by atoms with E-state index in [1.807, 2.05) is 13.8 Å². The van der Waals surface area contributed by atoms with Crippen LogP contribution in [0.5, 0.6) is 0 Å². The number of nitrogens with one attached hydrogen (secondary N) is 3. The summed E-state index contributed by atoms with van der Waals surface area (Å²) in [6, 6.07) is 19.0. The topological polar surface area (TPSA) is 101 Å².